The third-order valence-electron chi connectivity index (χ3n) is 3.20. The van der Waals surface area contributed by atoms with Gasteiger partial charge in [-0.2, -0.15) is 0 Å². The number of rotatable bonds is 2. The zero-order chi connectivity index (χ0) is 12.0. The van der Waals surface area contributed by atoms with Gasteiger partial charge in [0.25, 0.3) is 0 Å². The fourth-order valence-electron chi connectivity index (χ4n) is 2.16. The molecular weight excluding hydrogens is 216 g/mol. The molecular formula is C14H20O3. The second-order valence-electron chi connectivity index (χ2n) is 4.77. The monoisotopic (exact) mass is 236 g/mol. The van der Waals surface area contributed by atoms with Crippen LogP contribution in [0.2, 0.25) is 0 Å². The minimum Gasteiger partial charge on any atom is -0.414 e. The van der Waals surface area contributed by atoms with Crippen molar-refractivity contribution in [3.8, 4) is 12.0 Å². The molecule has 0 bridgehead atoms. The lowest BCUT2D eigenvalue weighted by atomic mass is 9.89. The van der Waals surface area contributed by atoms with Gasteiger partial charge in [-0.15, -0.1) is 0 Å². The third kappa shape index (κ3) is 4.07. The van der Waals surface area contributed by atoms with Gasteiger partial charge in [0, 0.05) is 12.8 Å². The molecule has 1 saturated heterocycles. The summed E-state index contributed by atoms with van der Waals surface area (Å²) in [5.74, 6) is 2.89. The van der Waals surface area contributed by atoms with Gasteiger partial charge >= 0.3 is 0 Å². The summed E-state index contributed by atoms with van der Waals surface area (Å²) >= 11 is 0. The molecule has 2 atom stereocenters. The van der Waals surface area contributed by atoms with E-state index >= 15 is 0 Å². The molecule has 17 heavy (non-hydrogen) atoms. The van der Waals surface area contributed by atoms with Crippen LogP contribution in [0.1, 0.15) is 44.9 Å². The summed E-state index contributed by atoms with van der Waals surface area (Å²) in [4.78, 5) is 0. The van der Waals surface area contributed by atoms with E-state index in [1.165, 1.54) is 0 Å². The van der Waals surface area contributed by atoms with E-state index in [2.05, 4.69) is 12.0 Å². The van der Waals surface area contributed by atoms with Gasteiger partial charge in [0.1, 0.15) is 6.11 Å². The zero-order valence-corrected chi connectivity index (χ0v) is 10.2. The molecule has 3 nitrogen and oxygen atoms in total. The Kier molecular flexibility index (Phi) is 4.47. The second-order valence-corrected chi connectivity index (χ2v) is 4.77. The maximum Gasteiger partial charge on any atom is 0.210 e. The first kappa shape index (κ1) is 12.5. The standard InChI is InChI=1S/C14H20O3/c15-14(8-3-1-4-9-14)10-6-12-17-13-7-2-5-11-16-13/h3,8,13,15H,1-2,4-5,7,9-11H2. The summed E-state index contributed by atoms with van der Waals surface area (Å²) in [6, 6.07) is 0. The summed E-state index contributed by atoms with van der Waals surface area (Å²) in [5, 5.41) is 10.1. The fourth-order valence-corrected chi connectivity index (χ4v) is 2.16. The molecule has 2 aliphatic rings. The molecule has 0 saturated carbocycles. The molecule has 0 aromatic carbocycles. The Balaban J connectivity index is 1.73. The van der Waals surface area contributed by atoms with Crippen molar-refractivity contribution >= 4 is 0 Å². The van der Waals surface area contributed by atoms with E-state index in [1.54, 1.807) is 0 Å². The van der Waals surface area contributed by atoms with Crippen molar-refractivity contribution in [2.45, 2.75) is 56.8 Å². The van der Waals surface area contributed by atoms with Crippen molar-refractivity contribution in [2.24, 2.45) is 0 Å². The van der Waals surface area contributed by atoms with Crippen LogP contribution >= 0.6 is 0 Å². The first-order valence-corrected chi connectivity index (χ1v) is 6.44. The maximum atomic E-state index is 10.1. The number of ether oxygens (including phenoxy) is 2. The quantitative estimate of drug-likeness (QED) is 0.591. The van der Waals surface area contributed by atoms with Crippen molar-refractivity contribution in [3.05, 3.63) is 12.2 Å². The van der Waals surface area contributed by atoms with Crippen LogP contribution in [0.15, 0.2) is 12.2 Å². The van der Waals surface area contributed by atoms with E-state index < -0.39 is 5.60 Å². The third-order valence-corrected chi connectivity index (χ3v) is 3.20. The van der Waals surface area contributed by atoms with E-state index in [1.807, 2.05) is 12.2 Å². The van der Waals surface area contributed by atoms with Crippen molar-refractivity contribution in [1.82, 2.24) is 0 Å². The van der Waals surface area contributed by atoms with Crippen LogP contribution < -0.4 is 0 Å². The van der Waals surface area contributed by atoms with E-state index in [4.69, 9.17) is 9.47 Å². The van der Waals surface area contributed by atoms with E-state index in [0.717, 1.165) is 45.1 Å². The molecule has 0 radical (unpaired) electrons. The van der Waals surface area contributed by atoms with Gasteiger partial charge in [-0.05, 0) is 32.1 Å². The topological polar surface area (TPSA) is 38.7 Å². The van der Waals surface area contributed by atoms with Crippen LogP contribution in [0, 0.1) is 12.0 Å². The highest BCUT2D eigenvalue weighted by Gasteiger charge is 2.23. The van der Waals surface area contributed by atoms with Gasteiger partial charge in [0.05, 0.1) is 12.2 Å². The molecule has 94 valence electrons. The largest absolute Gasteiger partial charge is 0.414 e. The Labute approximate surface area is 103 Å². The lowest BCUT2D eigenvalue weighted by Crippen LogP contribution is -2.27. The molecule has 2 unspecified atom stereocenters. The van der Waals surface area contributed by atoms with Crippen molar-refractivity contribution in [2.75, 3.05) is 6.61 Å². The van der Waals surface area contributed by atoms with Crippen LogP contribution in [0.25, 0.3) is 0 Å². The Morgan fingerprint density at radius 2 is 2.35 bits per heavy atom. The minimum atomic E-state index is -0.748. The highest BCUT2D eigenvalue weighted by molar-refractivity contribution is 5.11. The zero-order valence-electron chi connectivity index (χ0n) is 10.2. The Bertz CT molecular complexity index is 320. The Hall–Kier alpha value is -0.980. The van der Waals surface area contributed by atoms with E-state index in [0.29, 0.717) is 6.42 Å². The lowest BCUT2D eigenvalue weighted by Gasteiger charge is -2.25. The number of hydrogen-bond acceptors (Lipinski definition) is 3. The second kappa shape index (κ2) is 6.09. The minimum absolute atomic E-state index is 0.173. The smallest absolute Gasteiger partial charge is 0.210 e. The molecule has 1 fully saturated rings. The number of allylic oxidation sites excluding steroid dienone is 1. The number of aliphatic hydroxyl groups is 1. The first-order valence-electron chi connectivity index (χ1n) is 6.44. The summed E-state index contributed by atoms with van der Waals surface area (Å²) in [6.45, 7) is 0.763. The van der Waals surface area contributed by atoms with E-state index in [9.17, 15) is 5.11 Å². The maximum absolute atomic E-state index is 10.1. The molecule has 3 heteroatoms. The van der Waals surface area contributed by atoms with Gasteiger partial charge < -0.3 is 14.6 Å². The van der Waals surface area contributed by atoms with Crippen LogP contribution in [0.3, 0.4) is 0 Å². The average Bonchev–Trinajstić information content (AvgIpc) is 2.37. The van der Waals surface area contributed by atoms with Gasteiger partial charge in [-0.3, -0.25) is 0 Å². The van der Waals surface area contributed by atoms with Crippen LogP contribution in [-0.4, -0.2) is 23.6 Å². The van der Waals surface area contributed by atoms with Crippen LogP contribution in [0.5, 0.6) is 0 Å². The van der Waals surface area contributed by atoms with E-state index in [-0.39, 0.29) is 6.29 Å². The molecule has 0 amide bonds. The van der Waals surface area contributed by atoms with Gasteiger partial charge in [-0.1, -0.05) is 18.1 Å². The van der Waals surface area contributed by atoms with Gasteiger partial charge in [0.15, 0.2) is 0 Å². The van der Waals surface area contributed by atoms with Gasteiger partial charge in [-0.25, -0.2) is 0 Å². The molecule has 0 spiro atoms. The highest BCUT2D eigenvalue weighted by atomic mass is 16.7. The molecule has 1 aliphatic carbocycles. The lowest BCUT2D eigenvalue weighted by molar-refractivity contribution is -0.122. The summed E-state index contributed by atoms with van der Waals surface area (Å²) in [7, 11) is 0. The van der Waals surface area contributed by atoms with Crippen LogP contribution in [-0.2, 0) is 9.47 Å². The van der Waals surface area contributed by atoms with Crippen molar-refractivity contribution in [1.29, 1.82) is 0 Å². The number of hydrogen-bond donors (Lipinski definition) is 1. The fraction of sp³-hybridized carbons (Fsp3) is 0.714. The molecule has 0 aromatic heterocycles. The van der Waals surface area contributed by atoms with Crippen LogP contribution in [0.4, 0.5) is 0 Å². The van der Waals surface area contributed by atoms with Crippen molar-refractivity contribution in [3.63, 3.8) is 0 Å². The van der Waals surface area contributed by atoms with Crippen molar-refractivity contribution < 1.29 is 14.6 Å². The van der Waals surface area contributed by atoms with Gasteiger partial charge in [0.2, 0.25) is 6.29 Å². The molecule has 1 aliphatic heterocycles. The molecule has 0 aromatic rings. The predicted molar refractivity (Wildman–Crippen MR) is 65.0 cm³/mol. The normalized spacial score (nSPS) is 32.6. The molecule has 1 N–H and O–H groups in total. The molecule has 2 rings (SSSR count). The average molecular weight is 236 g/mol. The highest BCUT2D eigenvalue weighted by Crippen LogP contribution is 2.24. The summed E-state index contributed by atoms with van der Waals surface area (Å²) < 4.78 is 10.7. The first-order chi connectivity index (χ1) is 8.29. The summed E-state index contributed by atoms with van der Waals surface area (Å²) in [6.07, 6.45) is 12.9. The SMILES string of the molecule is OC1(CC#COC2CCCCO2)C=CCCC1. The summed E-state index contributed by atoms with van der Waals surface area (Å²) in [5.41, 5.74) is -0.748. The Morgan fingerprint density at radius 3 is 3.06 bits per heavy atom. The molecule has 1 heterocycles. The Morgan fingerprint density at radius 1 is 1.41 bits per heavy atom. The predicted octanol–water partition coefficient (Wildman–Crippen LogP) is 2.35.